The van der Waals surface area contributed by atoms with Crippen molar-refractivity contribution in [2.45, 2.75) is 51.0 Å². The molecule has 1 aliphatic carbocycles. The van der Waals surface area contributed by atoms with Gasteiger partial charge in [-0.1, -0.05) is 25.8 Å². The molecule has 0 radical (unpaired) electrons. The van der Waals surface area contributed by atoms with E-state index in [1.54, 1.807) is 0 Å². The van der Waals surface area contributed by atoms with Gasteiger partial charge in [0, 0.05) is 10.4 Å². The van der Waals surface area contributed by atoms with E-state index < -0.39 is 0 Å². The lowest BCUT2D eigenvalue weighted by Gasteiger charge is -2.36. The number of nitrogens with two attached hydrogens (primary N) is 1. The number of rotatable bonds is 3. The molecule has 0 aliphatic heterocycles. The molecule has 1 nitrogen and oxygen atoms in total. The van der Waals surface area contributed by atoms with Crippen molar-refractivity contribution in [3.63, 3.8) is 0 Å². The minimum atomic E-state index is 0.127. The van der Waals surface area contributed by atoms with E-state index in [9.17, 15) is 0 Å². The Balaban J connectivity index is 1.87. The van der Waals surface area contributed by atoms with Crippen molar-refractivity contribution in [3.05, 3.63) is 22.4 Å². The summed E-state index contributed by atoms with van der Waals surface area (Å²) < 4.78 is 0. The van der Waals surface area contributed by atoms with Gasteiger partial charge in [-0.25, -0.2) is 0 Å². The third kappa shape index (κ3) is 3.05. The van der Waals surface area contributed by atoms with Gasteiger partial charge in [0.2, 0.25) is 0 Å². The SMILES string of the molecule is CC1CCCC(N)(CCc2cccs2)C1. The lowest BCUT2D eigenvalue weighted by atomic mass is 9.74. The molecule has 2 N–H and O–H groups in total. The molecule has 2 atom stereocenters. The second kappa shape index (κ2) is 4.67. The number of thiophene rings is 1. The molecule has 1 fully saturated rings. The standard InChI is InChI=1S/C13H21NS/c1-11-4-2-7-13(14,10-11)8-6-12-5-3-9-15-12/h3,5,9,11H,2,4,6-8,10,14H2,1H3. The van der Waals surface area contributed by atoms with Gasteiger partial charge in [0.15, 0.2) is 0 Å². The van der Waals surface area contributed by atoms with Crippen molar-refractivity contribution in [1.29, 1.82) is 0 Å². The van der Waals surface area contributed by atoms with Crippen LogP contribution < -0.4 is 5.73 Å². The zero-order valence-corrected chi connectivity index (χ0v) is 10.4. The average Bonchev–Trinajstić information content (AvgIpc) is 2.67. The molecule has 84 valence electrons. The first-order chi connectivity index (χ1) is 7.18. The van der Waals surface area contributed by atoms with Gasteiger partial charge in [-0.2, -0.15) is 0 Å². The molecular weight excluding hydrogens is 202 g/mol. The molecule has 0 amide bonds. The maximum Gasteiger partial charge on any atom is 0.0160 e. The molecule has 2 heteroatoms. The molecule has 1 heterocycles. The Kier molecular flexibility index (Phi) is 3.47. The Morgan fingerprint density at radius 1 is 1.60 bits per heavy atom. The summed E-state index contributed by atoms with van der Waals surface area (Å²) in [6.07, 6.45) is 7.47. The Bertz CT molecular complexity index is 293. The Hall–Kier alpha value is -0.340. The monoisotopic (exact) mass is 223 g/mol. The highest BCUT2D eigenvalue weighted by Gasteiger charge is 2.30. The highest BCUT2D eigenvalue weighted by molar-refractivity contribution is 7.09. The van der Waals surface area contributed by atoms with Gasteiger partial charge in [-0.3, -0.25) is 0 Å². The van der Waals surface area contributed by atoms with E-state index in [-0.39, 0.29) is 5.54 Å². The molecule has 0 spiro atoms. The molecule has 0 bridgehead atoms. The van der Waals surface area contributed by atoms with Gasteiger partial charge in [0.1, 0.15) is 0 Å². The number of hydrogen-bond acceptors (Lipinski definition) is 2. The van der Waals surface area contributed by atoms with Crippen molar-refractivity contribution in [3.8, 4) is 0 Å². The van der Waals surface area contributed by atoms with E-state index in [0.717, 1.165) is 12.3 Å². The predicted octanol–water partition coefficient (Wildman–Crippen LogP) is 3.59. The van der Waals surface area contributed by atoms with Crippen LogP contribution in [0.5, 0.6) is 0 Å². The topological polar surface area (TPSA) is 26.0 Å². The van der Waals surface area contributed by atoms with Crippen LogP contribution in [0.4, 0.5) is 0 Å². The smallest absolute Gasteiger partial charge is 0.0160 e. The predicted molar refractivity (Wildman–Crippen MR) is 67.2 cm³/mol. The molecule has 1 aliphatic rings. The molecule has 2 unspecified atom stereocenters. The van der Waals surface area contributed by atoms with E-state index >= 15 is 0 Å². The third-order valence-corrected chi connectivity index (χ3v) is 4.51. The minimum Gasteiger partial charge on any atom is -0.325 e. The van der Waals surface area contributed by atoms with Gasteiger partial charge in [-0.05, 0) is 43.0 Å². The molecule has 2 rings (SSSR count). The molecule has 1 saturated carbocycles. The van der Waals surface area contributed by atoms with Crippen LogP contribution in [-0.2, 0) is 6.42 Å². The molecule has 0 saturated heterocycles. The van der Waals surface area contributed by atoms with Gasteiger partial charge >= 0.3 is 0 Å². The zero-order valence-electron chi connectivity index (χ0n) is 9.54. The lowest BCUT2D eigenvalue weighted by Crippen LogP contribution is -2.44. The Morgan fingerprint density at radius 2 is 2.47 bits per heavy atom. The van der Waals surface area contributed by atoms with Crippen molar-refractivity contribution in [2.24, 2.45) is 11.7 Å². The van der Waals surface area contributed by atoms with E-state index in [1.807, 2.05) is 11.3 Å². The van der Waals surface area contributed by atoms with Crippen LogP contribution in [0.25, 0.3) is 0 Å². The summed E-state index contributed by atoms with van der Waals surface area (Å²) >= 11 is 1.86. The van der Waals surface area contributed by atoms with Gasteiger partial charge < -0.3 is 5.73 Å². The van der Waals surface area contributed by atoms with Crippen LogP contribution >= 0.6 is 11.3 Å². The summed E-state index contributed by atoms with van der Waals surface area (Å²) in [5.74, 6) is 0.826. The summed E-state index contributed by atoms with van der Waals surface area (Å²) in [5, 5.41) is 2.15. The van der Waals surface area contributed by atoms with E-state index in [4.69, 9.17) is 5.73 Å². The quantitative estimate of drug-likeness (QED) is 0.832. The molecule has 0 aromatic carbocycles. The lowest BCUT2D eigenvalue weighted by molar-refractivity contribution is 0.224. The molecular formula is C13H21NS. The van der Waals surface area contributed by atoms with Crippen molar-refractivity contribution in [2.75, 3.05) is 0 Å². The number of hydrogen-bond donors (Lipinski definition) is 1. The normalized spacial score (nSPS) is 31.7. The largest absolute Gasteiger partial charge is 0.325 e. The summed E-state index contributed by atoms with van der Waals surface area (Å²) in [7, 11) is 0. The summed E-state index contributed by atoms with van der Waals surface area (Å²) in [4.78, 5) is 1.48. The van der Waals surface area contributed by atoms with Crippen molar-refractivity contribution < 1.29 is 0 Å². The first-order valence-electron chi connectivity index (χ1n) is 5.99. The van der Waals surface area contributed by atoms with Crippen LogP contribution in [0.3, 0.4) is 0 Å². The summed E-state index contributed by atoms with van der Waals surface area (Å²) in [5.41, 5.74) is 6.60. The highest BCUT2D eigenvalue weighted by atomic mass is 32.1. The van der Waals surface area contributed by atoms with E-state index in [2.05, 4.69) is 24.4 Å². The molecule has 1 aromatic heterocycles. The second-order valence-electron chi connectivity index (χ2n) is 5.14. The van der Waals surface area contributed by atoms with E-state index in [0.29, 0.717) is 0 Å². The van der Waals surface area contributed by atoms with Crippen LogP contribution in [-0.4, -0.2) is 5.54 Å². The highest BCUT2D eigenvalue weighted by Crippen LogP contribution is 2.33. The van der Waals surface area contributed by atoms with Crippen LogP contribution in [0, 0.1) is 5.92 Å². The summed E-state index contributed by atoms with van der Waals surface area (Å²) in [6.45, 7) is 2.34. The first-order valence-corrected chi connectivity index (χ1v) is 6.87. The number of aryl methyl sites for hydroxylation is 1. The average molecular weight is 223 g/mol. The fourth-order valence-corrected chi connectivity index (χ4v) is 3.46. The van der Waals surface area contributed by atoms with Gasteiger partial charge in [0.05, 0.1) is 0 Å². The van der Waals surface area contributed by atoms with Gasteiger partial charge in [-0.15, -0.1) is 11.3 Å². The molecule has 15 heavy (non-hydrogen) atoms. The summed E-state index contributed by atoms with van der Waals surface area (Å²) in [6, 6.07) is 4.35. The van der Waals surface area contributed by atoms with Crippen molar-refractivity contribution >= 4 is 11.3 Å². The van der Waals surface area contributed by atoms with Crippen LogP contribution in [0.1, 0.15) is 43.9 Å². The van der Waals surface area contributed by atoms with Gasteiger partial charge in [0.25, 0.3) is 0 Å². The first kappa shape index (κ1) is 11.2. The second-order valence-corrected chi connectivity index (χ2v) is 6.18. The fraction of sp³-hybridized carbons (Fsp3) is 0.692. The fourth-order valence-electron chi connectivity index (χ4n) is 2.75. The maximum atomic E-state index is 6.47. The minimum absolute atomic E-state index is 0.127. The molecule has 1 aromatic rings. The van der Waals surface area contributed by atoms with Crippen LogP contribution in [0.2, 0.25) is 0 Å². The Labute approximate surface area is 96.7 Å². The Morgan fingerprint density at radius 3 is 3.13 bits per heavy atom. The third-order valence-electron chi connectivity index (χ3n) is 3.58. The van der Waals surface area contributed by atoms with Crippen LogP contribution in [0.15, 0.2) is 17.5 Å². The maximum absolute atomic E-state index is 6.47. The van der Waals surface area contributed by atoms with Crippen molar-refractivity contribution in [1.82, 2.24) is 0 Å². The zero-order chi connectivity index (χ0) is 10.7. The van der Waals surface area contributed by atoms with E-state index in [1.165, 1.54) is 37.0 Å².